The summed E-state index contributed by atoms with van der Waals surface area (Å²) in [6.07, 6.45) is 2.46. The van der Waals surface area contributed by atoms with Crippen molar-refractivity contribution in [2.45, 2.75) is 39.0 Å². The smallest absolute Gasteiger partial charge is 0.263 e. The number of pyridine rings is 1. The lowest BCUT2D eigenvalue weighted by atomic mass is 10.1. The summed E-state index contributed by atoms with van der Waals surface area (Å²) in [5, 5.41) is 2.91. The maximum absolute atomic E-state index is 12.6. The standard InChI is InChI=1S/C19H22N2O3/c1-13-5-3-6-15(11-13)12-21-9-4-7-16(19(21)23)18(22)20-17-8-10-24-14(17)2/h3-7,9,11,14,17H,8,10,12H2,1-2H3,(H,20,22)/t14-,17-/m0/s1. The van der Waals surface area contributed by atoms with Gasteiger partial charge in [-0.1, -0.05) is 29.8 Å². The fourth-order valence-electron chi connectivity index (χ4n) is 3.01. The fourth-order valence-corrected chi connectivity index (χ4v) is 3.01. The van der Waals surface area contributed by atoms with Gasteiger partial charge in [-0.05, 0) is 38.0 Å². The minimum Gasteiger partial charge on any atom is -0.376 e. The Morgan fingerprint density at radius 1 is 1.33 bits per heavy atom. The minimum atomic E-state index is -0.332. The van der Waals surface area contributed by atoms with Gasteiger partial charge in [-0.25, -0.2) is 0 Å². The van der Waals surface area contributed by atoms with Crippen molar-refractivity contribution in [1.82, 2.24) is 9.88 Å². The molecule has 1 fully saturated rings. The molecule has 0 radical (unpaired) electrons. The van der Waals surface area contributed by atoms with Crippen LogP contribution in [0, 0.1) is 6.92 Å². The first-order chi connectivity index (χ1) is 11.5. The highest BCUT2D eigenvalue weighted by molar-refractivity contribution is 5.94. The fraction of sp³-hybridized carbons (Fsp3) is 0.368. The van der Waals surface area contributed by atoms with Crippen molar-refractivity contribution >= 4 is 5.91 Å². The molecular weight excluding hydrogens is 304 g/mol. The van der Waals surface area contributed by atoms with Gasteiger partial charge >= 0.3 is 0 Å². The molecule has 5 heteroatoms. The summed E-state index contributed by atoms with van der Waals surface area (Å²) in [4.78, 5) is 25.1. The van der Waals surface area contributed by atoms with E-state index in [4.69, 9.17) is 4.74 Å². The van der Waals surface area contributed by atoms with E-state index in [9.17, 15) is 9.59 Å². The predicted molar refractivity (Wildman–Crippen MR) is 92.3 cm³/mol. The number of hydrogen-bond donors (Lipinski definition) is 1. The van der Waals surface area contributed by atoms with Gasteiger partial charge in [-0.15, -0.1) is 0 Å². The van der Waals surface area contributed by atoms with Crippen molar-refractivity contribution in [3.05, 3.63) is 69.6 Å². The number of carbonyl (C=O) groups is 1. The van der Waals surface area contributed by atoms with Crippen LogP contribution < -0.4 is 10.9 Å². The number of carbonyl (C=O) groups excluding carboxylic acids is 1. The quantitative estimate of drug-likeness (QED) is 0.936. The molecule has 1 aliphatic heterocycles. The van der Waals surface area contributed by atoms with Crippen LogP contribution in [0.2, 0.25) is 0 Å². The molecule has 0 unspecified atom stereocenters. The third-order valence-corrected chi connectivity index (χ3v) is 4.39. The van der Waals surface area contributed by atoms with E-state index < -0.39 is 0 Å². The summed E-state index contributed by atoms with van der Waals surface area (Å²) in [5.41, 5.74) is 2.07. The average molecular weight is 326 g/mol. The highest BCUT2D eigenvalue weighted by Gasteiger charge is 2.26. The molecule has 3 rings (SSSR count). The van der Waals surface area contributed by atoms with Crippen LogP contribution in [-0.4, -0.2) is 29.2 Å². The Kier molecular flexibility index (Phi) is 4.81. The van der Waals surface area contributed by atoms with Gasteiger partial charge in [0, 0.05) is 12.8 Å². The molecule has 0 spiro atoms. The van der Waals surface area contributed by atoms with Crippen LogP contribution in [-0.2, 0) is 11.3 Å². The molecule has 24 heavy (non-hydrogen) atoms. The van der Waals surface area contributed by atoms with Crippen LogP contribution in [0.1, 0.15) is 34.8 Å². The Morgan fingerprint density at radius 2 is 2.17 bits per heavy atom. The van der Waals surface area contributed by atoms with Crippen LogP contribution in [0.4, 0.5) is 0 Å². The van der Waals surface area contributed by atoms with Crippen molar-refractivity contribution in [3.8, 4) is 0 Å². The normalized spacial score (nSPS) is 20.1. The molecule has 1 saturated heterocycles. The average Bonchev–Trinajstić information content (AvgIpc) is 2.94. The number of ether oxygens (including phenoxy) is 1. The molecule has 1 aliphatic rings. The molecule has 2 heterocycles. The van der Waals surface area contributed by atoms with E-state index in [0.717, 1.165) is 17.5 Å². The maximum Gasteiger partial charge on any atom is 0.263 e. The molecule has 0 aliphatic carbocycles. The number of rotatable bonds is 4. The van der Waals surface area contributed by atoms with Crippen LogP contribution >= 0.6 is 0 Å². The van der Waals surface area contributed by atoms with Crippen molar-refractivity contribution < 1.29 is 9.53 Å². The Hall–Kier alpha value is -2.40. The Labute approximate surface area is 141 Å². The summed E-state index contributed by atoms with van der Waals surface area (Å²) >= 11 is 0. The summed E-state index contributed by atoms with van der Waals surface area (Å²) in [6.45, 7) is 5.03. The monoisotopic (exact) mass is 326 g/mol. The zero-order valence-electron chi connectivity index (χ0n) is 14.0. The lowest BCUT2D eigenvalue weighted by molar-refractivity contribution is 0.0864. The Morgan fingerprint density at radius 3 is 2.88 bits per heavy atom. The SMILES string of the molecule is Cc1cccc(Cn2cccc(C(=O)N[C@H]3CCO[C@H]3C)c2=O)c1. The largest absolute Gasteiger partial charge is 0.376 e. The summed E-state index contributed by atoms with van der Waals surface area (Å²) in [5.74, 6) is -0.332. The first-order valence-corrected chi connectivity index (χ1v) is 8.22. The van der Waals surface area contributed by atoms with Gasteiger partial charge < -0.3 is 14.6 Å². The van der Waals surface area contributed by atoms with Crippen molar-refractivity contribution in [2.75, 3.05) is 6.61 Å². The van der Waals surface area contributed by atoms with Gasteiger partial charge in [0.25, 0.3) is 11.5 Å². The van der Waals surface area contributed by atoms with E-state index in [2.05, 4.69) is 5.32 Å². The predicted octanol–water partition coefficient (Wildman–Crippen LogP) is 2.11. The van der Waals surface area contributed by atoms with Gasteiger partial charge in [0.15, 0.2) is 0 Å². The second-order valence-electron chi connectivity index (χ2n) is 6.29. The third-order valence-electron chi connectivity index (χ3n) is 4.39. The van der Waals surface area contributed by atoms with E-state index in [-0.39, 0.29) is 29.2 Å². The molecule has 5 nitrogen and oxygen atoms in total. The molecule has 1 amide bonds. The van der Waals surface area contributed by atoms with Crippen LogP contribution in [0.15, 0.2) is 47.4 Å². The van der Waals surface area contributed by atoms with Crippen LogP contribution in [0.25, 0.3) is 0 Å². The van der Waals surface area contributed by atoms with Gasteiger partial charge in [0.1, 0.15) is 5.56 Å². The molecular formula is C19H22N2O3. The van der Waals surface area contributed by atoms with Crippen molar-refractivity contribution in [2.24, 2.45) is 0 Å². The number of nitrogens with one attached hydrogen (secondary N) is 1. The summed E-state index contributed by atoms with van der Waals surface area (Å²) in [7, 11) is 0. The van der Waals surface area contributed by atoms with E-state index in [1.54, 1.807) is 22.9 Å². The molecule has 1 N–H and O–H groups in total. The van der Waals surface area contributed by atoms with Crippen LogP contribution in [0.3, 0.4) is 0 Å². The molecule has 126 valence electrons. The third kappa shape index (κ3) is 3.57. The number of benzene rings is 1. The highest BCUT2D eigenvalue weighted by atomic mass is 16.5. The molecule has 1 aromatic heterocycles. The van der Waals surface area contributed by atoms with Crippen molar-refractivity contribution in [1.29, 1.82) is 0 Å². The Balaban J connectivity index is 1.80. The molecule has 2 aromatic rings. The number of aryl methyl sites for hydroxylation is 1. The molecule has 0 saturated carbocycles. The topological polar surface area (TPSA) is 60.3 Å². The van der Waals surface area contributed by atoms with E-state index in [1.807, 2.05) is 38.1 Å². The maximum atomic E-state index is 12.6. The first kappa shape index (κ1) is 16.5. The van der Waals surface area contributed by atoms with E-state index >= 15 is 0 Å². The summed E-state index contributed by atoms with van der Waals surface area (Å²) < 4.78 is 7.02. The number of amides is 1. The summed E-state index contributed by atoms with van der Waals surface area (Å²) in [6, 6.07) is 11.3. The molecule has 0 bridgehead atoms. The lowest BCUT2D eigenvalue weighted by Gasteiger charge is -2.16. The number of hydrogen-bond acceptors (Lipinski definition) is 3. The van der Waals surface area contributed by atoms with E-state index in [1.165, 1.54) is 0 Å². The first-order valence-electron chi connectivity index (χ1n) is 8.22. The number of nitrogens with zero attached hydrogens (tertiary/aromatic N) is 1. The molecule has 2 atom stereocenters. The lowest BCUT2D eigenvalue weighted by Crippen LogP contribution is -2.42. The van der Waals surface area contributed by atoms with Gasteiger partial charge in [0.2, 0.25) is 0 Å². The number of aromatic nitrogens is 1. The zero-order valence-corrected chi connectivity index (χ0v) is 14.0. The molecule has 1 aromatic carbocycles. The highest BCUT2D eigenvalue weighted by Crippen LogP contribution is 2.13. The van der Waals surface area contributed by atoms with Gasteiger partial charge in [-0.2, -0.15) is 0 Å². The minimum absolute atomic E-state index is 0.0211. The van der Waals surface area contributed by atoms with Gasteiger partial charge in [-0.3, -0.25) is 9.59 Å². The van der Waals surface area contributed by atoms with Gasteiger partial charge in [0.05, 0.1) is 18.7 Å². The second-order valence-corrected chi connectivity index (χ2v) is 6.29. The van der Waals surface area contributed by atoms with Crippen LogP contribution in [0.5, 0.6) is 0 Å². The zero-order chi connectivity index (χ0) is 17.1. The Bertz CT molecular complexity index is 797. The van der Waals surface area contributed by atoms with E-state index in [0.29, 0.717) is 13.2 Å². The second kappa shape index (κ2) is 7.01. The van der Waals surface area contributed by atoms with Crippen molar-refractivity contribution in [3.63, 3.8) is 0 Å².